The van der Waals surface area contributed by atoms with Crippen LogP contribution in [0.3, 0.4) is 0 Å². The van der Waals surface area contributed by atoms with Gasteiger partial charge < -0.3 is 14.8 Å². The molecule has 4 heteroatoms. The summed E-state index contributed by atoms with van der Waals surface area (Å²) in [7, 11) is 2.03. The maximum atomic E-state index is 8.39. The van der Waals surface area contributed by atoms with Crippen LogP contribution in [0.5, 0.6) is 5.75 Å². The van der Waals surface area contributed by atoms with Gasteiger partial charge in [0.2, 0.25) is 0 Å². The summed E-state index contributed by atoms with van der Waals surface area (Å²) >= 11 is 0. The molecule has 0 radical (unpaired) electrons. The minimum absolute atomic E-state index is 0.698. The minimum atomic E-state index is 0.698. The standard InChI is InChI=1S/C10H12N2O2/c1-12-4-5-14-10-6-8(7-11-13)2-3-9(10)12/h2-3,6-7,13H,4-5H2,1H3. The smallest absolute Gasteiger partial charge is 0.143 e. The topological polar surface area (TPSA) is 45.1 Å². The zero-order valence-electron chi connectivity index (χ0n) is 7.97. The minimum Gasteiger partial charge on any atom is -0.490 e. The van der Waals surface area contributed by atoms with Crippen LogP contribution in [0.4, 0.5) is 5.69 Å². The van der Waals surface area contributed by atoms with E-state index in [4.69, 9.17) is 9.94 Å². The van der Waals surface area contributed by atoms with Crippen molar-refractivity contribution in [1.82, 2.24) is 0 Å². The van der Waals surface area contributed by atoms with Crippen LogP contribution in [-0.2, 0) is 0 Å². The third-order valence-electron chi connectivity index (χ3n) is 2.29. The van der Waals surface area contributed by atoms with Gasteiger partial charge in [-0.05, 0) is 17.7 Å². The fraction of sp³-hybridized carbons (Fsp3) is 0.300. The number of likely N-dealkylation sites (N-methyl/N-ethyl adjacent to an activating group) is 1. The predicted octanol–water partition coefficient (Wildman–Crippen LogP) is 1.32. The highest BCUT2D eigenvalue weighted by Gasteiger charge is 2.14. The highest BCUT2D eigenvalue weighted by molar-refractivity contribution is 5.81. The lowest BCUT2D eigenvalue weighted by Crippen LogP contribution is -2.28. The molecule has 1 aliphatic heterocycles. The Bertz CT molecular complexity index is 363. The Morgan fingerprint density at radius 3 is 3.21 bits per heavy atom. The molecule has 1 N–H and O–H groups in total. The summed E-state index contributed by atoms with van der Waals surface area (Å²) < 4.78 is 5.50. The van der Waals surface area contributed by atoms with Crippen LogP contribution in [0.1, 0.15) is 5.56 Å². The highest BCUT2D eigenvalue weighted by atomic mass is 16.5. The van der Waals surface area contributed by atoms with E-state index < -0.39 is 0 Å². The van der Waals surface area contributed by atoms with E-state index in [1.807, 2.05) is 25.2 Å². The fourth-order valence-corrected chi connectivity index (χ4v) is 1.52. The number of oxime groups is 1. The van der Waals surface area contributed by atoms with Gasteiger partial charge in [-0.2, -0.15) is 0 Å². The molecule has 0 fully saturated rings. The van der Waals surface area contributed by atoms with Crippen LogP contribution in [0.15, 0.2) is 23.4 Å². The maximum absolute atomic E-state index is 8.39. The molecule has 74 valence electrons. The van der Waals surface area contributed by atoms with E-state index in [1.54, 1.807) is 0 Å². The summed E-state index contributed by atoms with van der Waals surface area (Å²) in [6.07, 6.45) is 1.39. The quantitative estimate of drug-likeness (QED) is 0.414. The summed E-state index contributed by atoms with van der Waals surface area (Å²) in [6, 6.07) is 5.72. The van der Waals surface area contributed by atoms with Crippen molar-refractivity contribution < 1.29 is 9.94 Å². The Morgan fingerprint density at radius 2 is 2.43 bits per heavy atom. The number of ether oxygens (including phenoxy) is 1. The first kappa shape index (κ1) is 8.87. The monoisotopic (exact) mass is 192 g/mol. The highest BCUT2D eigenvalue weighted by Crippen LogP contribution is 2.30. The first-order chi connectivity index (χ1) is 6.81. The molecule has 14 heavy (non-hydrogen) atoms. The van der Waals surface area contributed by atoms with Gasteiger partial charge in [-0.1, -0.05) is 11.2 Å². The second-order valence-corrected chi connectivity index (χ2v) is 3.24. The van der Waals surface area contributed by atoms with Crippen molar-refractivity contribution in [2.24, 2.45) is 5.16 Å². The average Bonchev–Trinajstić information content (AvgIpc) is 2.18. The van der Waals surface area contributed by atoms with Crippen LogP contribution >= 0.6 is 0 Å². The molecule has 0 unspecified atom stereocenters. The van der Waals surface area contributed by atoms with E-state index in [2.05, 4.69) is 10.1 Å². The first-order valence-electron chi connectivity index (χ1n) is 4.46. The van der Waals surface area contributed by atoms with Gasteiger partial charge in [-0.25, -0.2) is 0 Å². The second-order valence-electron chi connectivity index (χ2n) is 3.24. The molecule has 4 nitrogen and oxygen atoms in total. The van der Waals surface area contributed by atoms with E-state index in [0.717, 1.165) is 23.5 Å². The lowest BCUT2D eigenvalue weighted by molar-refractivity contribution is 0.311. The van der Waals surface area contributed by atoms with Crippen molar-refractivity contribution in [2.75, 3.05) is 25.1 Å². The van der Waals surface area contributed by atoms with Crippen molar-refractivity contribution in [3.8, 4) is 5.75 Å². The summed E-state index contributed by atoms with van der Waals surface area (Å²) in [6.45, 7) is 1.60. The molecule has 0 bridgehead atoms. The molecule has 1 aromatic carbocycles. The maximum Gasteiger partial charge on any atom is 0.143 e. The zero-order valence-corrected chi connectivity index (χ0v) is 7.97. The van der Waals surface area contributed by atoms with Crippen LogP contribution in [-0.4, -0.2) is 31.6 Å². The lowest BCUT2D eigenvalue weighted by Gasteiger charge is -2.27. The fourth-order valence-electron chi connectivity index (χ4n) is 1.52. The Hall–Kier alpha value is -1.71. The Balaban J connectivity index is 2.38. The number of nitrogens with zero attached hydrogens (tertiary/aromatic N) is 2. The van der Waals surface area contributed by atoms with Crippen molar-refractivity contribution in [3.63, 3.8) is 0 Å². The van der Waals surface area contributed by atoms with Gasteiger partial charge >= 0.3 is 0 Å². The van der Waals surface area contributed by atoms with Crippen LogP contribution < -0.4 is 9.64 Å². The van der Waals surface area contributed by atoms with Gasteiger partial charge in [0.25, 0.3) is 0 Å². The van der Waals surface area contributed by atoms with Crippen molar-refractivity contribution in [3.05, 3.63) is 23.8 Å². The van der Waals surface area contributed by atoms with Crippen molar-refractivity contribution in [1.29, 1.82) is 0 Å². The van der Waals surface area contributed by atoms with E-state index in [-0.39, 0.29) is 0 Å². The summed E-state index contributed by atoms with van der Waals surface area (Å²) in [5.74, 6) is 0.844. The number of fused-ring (bicyclic) bond motifs is 1. The van der Waals surface area contributed by atoms with Crippen LogP contribution in [0.25, 0.3) is 0 Å². The van der Waals surface area contributed by atoms with Gasteiger partial charge in [0.05, 0.1) is 18.4 Å². The molecule has 1 aliphatic rings. The number of anilines is 1. The summed E-state index contributed by atoms with van der Waals surface area (Å²) in [4.78, 5) is 2.14. The molecule has 0 atom stereocenters. The van der Waals surface area contributed by atoms with Gasteiger partial charge in [0.1, 0.15) is 12.4 Å². The van der Waals surface area contributed by atoms with E-state index >= 15 is 0 Å². The molecule has 0 saturated carbocycles. The van der Waals surface area contributed by atoms with Crippen LogP contribution in [0.2, 0.25) is 0 Å². The molecule has 0 saturated heterocycles. The Morgan fingerprint density at radius 1 is 1.57 bits per heavy atom. The first-order valence-corrected chi connectivity index (χ1v) is 4.46. The molecule has 0 aromatic heterocycles. The summed E-state index contributed by atoms with van der Waals surface area (Å²) in [5, 5.41) is 11.4. The molecule has 2 rings (SSSR count). The molecule has 1 aromatic rings. The average molecular weight is 192 g/mol. The summed E-state index contributed by atoms with van der Waals surface area (Å²) in [5.41, 5.74) is 1.91. The van der Waals surface area contributed by atoms with E-state index in [9.17, 15) is 0 Å². The second kappa shape index (κ2) is 3.57. The number of rotatable bonds is 1. The van der Waals surface area contributed by atoms with E-state index in [1.165, 1.54) is 6.21 Å². The predicted molar refractivity (Wildman–Crippen MR) is 54.6 cm³/mol. The molecule has 0 spiro atoms. The zero-order chi connectivity index (χ0) is 9.97. The van der Waals surface area contributed by atoms with Gasteiger partial charge in [0, 0.05) is 7.05 Å². The lowest BCUT2D eigenvalue weighted by atomic mass is 10.1. The van der Waals surface area contributed by atoms with Crippen LogP contribution in [0, 0.1) is 0 Å². The van der Waals surface area contributed by atoms with Crippen molar-refractivity contribution in [2.45, 2.75) is 0 Å². The Labute approximate surface area is 82.4 Å². The molecular formula is C10H12N2O2. The molecule has 0 amide bonds. The third-order valence-corrected chi connectivity index (χ3v) is 2.29. The third kappa shape index (κ3) is 1.51. The van der Waals surface area contributed by atoms with Crippen molar-refractivity contribution >= 4 is 11.9 Å². The normalized spacial score (nSPS) is 15.4. The molecule has 0 aliphatic carbocycles. The van der Waals surface area contributed by atoms with E-state index in [0.29, 0.717) is 6.61 Å². The largest absolute Gasteiger partial charge is 0.490 e. The Kier molecular flexibility index (Phi) is 2.26. The molecule has 1 heterocycles. The number of hydrogen-bond donors (Lipinski definition) is 1. The number of benzene rings is 1. The number of hydrogen-bond acceptors (Lipinski definition) is 4. The SMILES string of the molecule is CN1CCOc2cc(C=NO)ccc21. The van der Waals surface area contributed by atoms with Gasteiger partial charge in [-0.3, -0.25) is 0 Å². The van der Waals surface area contributed by atoms with Gasteiger partial charge in [0.15, 0.2) is 0 Å². The van der Waals surface area contributed by atoms with Gasteiger partial charge in [-0.15, -0.1) is 0 Å². The molecular weight excluding hydrogens is 180 g/mol.